The summed E-state index contributed by atoms with van der Waals surface area (Å²) in [6, 6.07) is 19.0. The van der Waals surface area contributed by atoms with E-state index in [-0.39, 0.29) is 12.5 Å². The molecule has 0 unspecified atom stereocenters. The number of amides is 1. The predicted octanol–water partition coefficient (Wildman–Crippen LogP) is 4.51. The van der Waals surface area contributed by atoms with E-state index in [4.69, 9.17) is 4.74 Å². The van der Waals surface area contributed by atoms with E-state index in [1.165, 1.54) is 0 Å². The Bertz CT molecular complexity index is 963. The van der Waals surface area contributed by atoms with Crippen molar-refractivity contribution in [2.24, 2.45) is 0 Å². The van der Waals surface area contributed by atoms with Crippen LogP contribution in [0.4, 0.5) is 5.69 Å². The van der Waals surface area contributed by atoms with Gasteiger partial charge in [0.2, 0.25) is 0 Å². The van der Waals surface area contributed by atoms with Gasteiger partial charge in [-0.1, -0.05) is 55.5 Å². The number of anilines is 1. The van der Waals surface area contributed by atoms with Gasteiger partial charge in [-0.2, -0.15) is 0 Å². The van der Waals surface area contributed by atoms with Gasteiger partial charge in [-0.15, -0.1) is 0 Å². The lowest BCUT2D eigenvalue weighted by Gasteiger charge is -2.13. The number of aryl methyl sites for hydroxylation is 2. The van der Waals surface area contributed by atoms with Crippen LogP contribution >= 0.6 is 0 Å². The normalized spacial score (nSPS) is 10.5. The zero-order valence-electron chi connectivity index (χ0n) is 14.9. The quantitative estimate of drug-likeness (QED) is 0.691. The van der Waals surface area contributed by atoms with Crippen molar-refractivity contribution in [3.05, 3.63) is 77.4 Å². The van der Waals surface area contributed by atoms with Crippen molar-refractivity contribution in [3.63, 3.8) is 0 Å². The van der Waals surface area contributed by atoms with Gasteiger partial charge >= 0.3 is 5.97 Å². The molecule has 1 amide bonds. The van der Waals surface area contributed by atoms with Gasteiger partial charge in [0.1, 0.15) is 0 Å². The molecule has 0 atom stereocenters. The van der Waals surface area contributed by atoms with Gasteiger partial charge in [0.25, 0.3) is 5.91 Å². The van der Waals surface area contributed by atoms with E-state index in [0.29, 0.717) is 5.56 Å². The highest BCUT2D eigenvalue weighted by Crippen LogP contribution is 2.21. The van der Waals surface area contributed by atoms with Gasteiger partial charge in [0.05, 0.1) is 5.56 Å². The first-order valence-corrected chi connectivity index (χ1v) is 8.62. The second-order valence-electron chi connectivity index (χ2n) is 6.15. The Morgan fingerprint density at radius 3 is 2.50 bits per heavy atom. The highest BCUT2D eigenvalue weighted by Gasteiger charge is 2.13. The monoisotopic (exact) mass is 347 g/mol. The summed E-state index contributed by atoms with van der Waals surface area (Å²) >= 11 is 0. The number of nitrogens with one attached hydrogen (secondary N) is 1. The van der Waals surface area contributed by atoms with E-state index in [2.05, 4.69) is 5.32 Å². The lowest BCUT2D eigenvalue weighted by molar-refractivity contribution is -0.119. The number of para-hydroxylation sites is 1. The number of carbonyl (C=O) groups excluding carboxylic acids is 2. The second kappa shape index (κ2) is 7.83. The fraction of sp³-hybridized carbons (Fsp3) is 0.182. The molecular formula is C22H21NO3. The van der Waals surface area contributed by atoms with Gasteiger partial charge in [-0.25, -0.2) is 4.79 Å². The summed E-state index contributed by atoms with van der Waals surface area (Å²) in [5.41, 5.74) is 3.26. The molecule has 1 N–H and O–H groups in total. The van der Waals surface area contributed by atoms with Crippen molar-refractivity contribution in [1.29, 1.82) is 0 Å². The van der Waals surface area contributed by atoms with Gasteiger partial charge in [0, 0.05) is 5.69 Å². The summed E-state index contributed by atoms with van der Waals surface area (Å²) in [5, 5.41) is 4.86. The van der Waals surface area contributed by atoms with Crippen LogP contribution in [0, 0.1) is 6.92 Å². The minimum atomic E-state index is -0.508. The fourth-order valence-electron chi connectivity index (χ4n) is 2.91. The molecule has 3 rings (SSSR count). The van der Waals surface area contributed by atoms with Crippen LogP contribution in [0.2, 0.25) is 0 Å². The minimum absolute atomic E-state index is 0.316. The number of ether oxygens (including phenoxy) is 1. The van der Waals surface area contributed by atoms with E-state index < -0.39 is 5.97 Å². The molecule has 4 nitrogen and oxygen atoms in total. The SMILES string of the molecule is CCc1cccc(C)c1NC(=O)COC(=O)c1ccc2ccccc2c1. The van der Waals surface area contributed by atoms with Gasteiger partial charge < -0.3 is 10.1 Å². The maximum atomic E-state index is 12.2. The van der Waals surface area contributed by atoms with Crippen LogP contribution in [0.25, 0.3) is 10.8 Å². The van der Waals surface area contributed by atoms with Crippen molar-refractivity contribution < 1.29 is 14.3 Å². The van der Waals surface area contributed by atoms with Crippen molar-refractivity contribution >= 4 is 28.3 Å². The highest BCUT2D eigenvalue weighted by molar-refractivity contribution is 5.98. The van der Waals surface area contributed by atoms with Gasteiger partial charge in [0.15, 0.2) is 6.61 Å². The van der Waals surface area contributed by atoms with Crippen molar-refractivity contribution in [2.45, 2.75) is 20.3 Å². The predicted molar refractivity (Wildman–Crippen MR) is 103 cm³/mol. The fourth-order valence-corrected chi connectivity index (χ4v) is 2.91. The summed E-state index contributed by atoms with van der Waals surface area (Å²) in [6.45, 7) is 3.66. The number of hydrogen-bond donors (Lipinski definition) is 1. The highest BCUT2D eigenvalue weighted by atomic mass is 16.5. The van der Waals surface area contributed by atoms with Crippen LogP contribution in [-0.4, -0.2) is 18.5 Å². The average Bonchev–Trinajstić information content (AvgIpc) is 2.67. The molecule has 0 saturated heterocycles. The van der Waals surface area contributed by atoms with E-state index in [9.17, 15) is 9.59 Å². The van der Waals surface area contributed by atoms with Crippen LogP contribution in [-0.2, 0) is 16.0 Å². The molecular weight excluding hydrogens is 326 g/mol. The summed E-state index contributed by atoms with van der Waals surface area (Å²) in [4.78, 5) is 24.4. The molecule has 132 valence electrons. The molecule has 3 aromatic rings. The first-order valence-electron chi connectivity index (χ1n) is 8.62. The summed E-state index contributed by atoms with van der Waals surface area (Å²) in [6.07, 6.45) is 0.814. The number of esters is 1. The van der Waals surface area contributed by atoms with Crippen molar-refractivity contribution in [2.75, 3.05) is 11.9 Å². The molecule has 26 heavy (non-hydrogen) atoms. The summed E-state index contributed by atoms with van der Waals surface area (Å²) in [7, 11) is 0. The van der Waals surface area contributed by atoms with Gasteiger partial charge in [-0.3, -0.25) is 4.79 Å². The number of benzene rings is 3. The zero-order valence-corrected chi connectivity index (χ0v) is 14.9. The molecule has 0 heterocycles. The van der Waals surface area contributed by atoms with Crippen LogP contribution in [0.5, 0.6) is 0 Å². The Labute approximate surface area is 152 Å². The molecule has 0 radical (unpaired) electrons. The summed E-state index contributed by atoms with van der Waals surface area (Å²) < 4.78 is 5.17. The van der Waals surface area contributed by atoms with Crippen LogP contribution < -0.4 is 5.32 Å². The number of hydrogen-bond acceptors (Lipinski definition) is 3. The molecule has 0 aliphatic carbocycles. The molecule has 0 spiro atoms. The lowest BCUT2D eigenvalue weighted by Crippen LogP contribution is -2.22. The Hall–Kier alpha value is -3.14. The Morgan fingerprint density at radius 2 is 1.73 bits per heavy atom. The molecule has 0 fully saturated rings. The first kappa shape index (κ1) is 17.7. The molecule has 0 saturated carbocycles. The minimum Gasteiger partial charge on any atom is -0.452 e. The van der Waals surface area contributed by atoms with E-state index in [0.717, 1.165) is 34.0 Å². The Balaban J connectivity index is 1.64. The molecule has 4 heteroatoms. The first-order chi connectivity index (χ1) is 12.6. The third-order valence-electron chi connectivity index (χ3n) is 4.32. The van der Waals surface area contributed by atoms with Gasteiger partial charge in [-0.05, 0) is 47.4 Å². The number of rotatable bonds is 5. The van der Waals surface area contributed by atoms with E-state index in [1.54, 1.807) is 12.1 Å². The molecule has 0 aliphatic rings. The maximum Gasteiger partial charge on any atom is 0.338 e. The molecule has 3 aromatic carbocycles. The van der Waals surface area contributed by atoms with E-state index in [1.807, 2.05) is 62.4 Å². The third kappa shape index (κ3) is 3.91. The van der Waals surface area contributed by atoms with Crippen LogP contribution in [0.1, 0.15) is 28.4 Å². The van der Waals surface area contributed by atoms with Crippen LogP contribution in [0.3, 0.4) is 0 Å². The maximum absolute atomic E-state index is 12.2. The Kier molecular flexibility index (Phi) is 5.32. The topological polar surface area (TPSA) is 55.4 Å². The van der Waals surface area contributed by atoms with Crippen molar-refractivity contribution in [1.82, 2.24) is 0 Å². The molecule has 0 aliphatic heterocycles. The summed E-state index contributed by atoms with van der Waals surface area (Å²) in [5.74, 6) is -0.852. The van der Waals surface area contributed by atoms with Crippen molar-refractivity contribution in [3.8, 4) is 0 Å². The molecule has 0 bridgehead atoms. The second-order valence-corrected chi connectivity index (χ2v) is 6.15. The largest absolute Gasteiger partial charge is 0.452 e. The van der Waals surface area contributed by atoms with E-state index >= 15 is 0 Å². The number of fused-ring (bicyclic) bond motifs is 1. The zero-order chi connectivity index (χ0) is 18.5. The smallest absolute Gasteiger partial charge is 0.338 e. The molecule has 0 aromatic heterocycles. The van der Waals surface area contributed by atoms with Crippen LogP contribution in [0.15, 0.2) is 60.7 Å². The standard InChI is InChI=1S/C22H21NO3/c1-3-16-10-6-7-15(2)21(16)23-20(24)14-26-22(25)19-12-11-17-8-4-5-9-18(17)13-19/h4-13H,3,14H2,1-2H3,(H,23,24). The lowest BCUT2D eigenvalue weighted by atomic mass is 10.1. The Morgan fingerprint density at radius 1 is 0.962 bits per heavy atom. The number of carbonyl (C=O) groups is 2. The average molecular weight is 347 g/mol. The third-order valence-corrected chi connectivity index (χ3v) is 4.32.